The number of nitrogens with zero attached hydrogens (tertiary/aromatic N) is 1. The van der Waals surface area contributed by atoms with Crippen LogP contribution in [-0.2, 0) is 9.53 Å². The highest BCUT2D eigenvalue weighted by Crippen LogP contribution is 2.34. The van der Waals surface area contributed by atoms with Gasteiger partial charge in [-0.15, -0.1) is 0 Å². The van der Waals surface area contributed by atoms with Crippen LogP contribution in [0.15, 0.2) is 22.7 Å². The first-order valence-corrected chi connectivity index (χ1v) is 8.41. The summed E-state index contributed by atoms with van der Waals surface area (Å²) in [6.07, 6.45) is -1.72. The van der Waals surface area contributed by atoms with Gasteiger partial charge in [0.05, 0.1) is 17.9 Å². The van der Waals surface area contributed by atoms with Crippen LogP contribution in [0.5, 0.6) is 0 Å². The molecule has 0 bridgehead atoms. The highest BCUT2D eigenvalue weighted by Gasteiger charge is 2.51. The molecule has 0 aliphatic carbocycles. The molecular weight excluding hydrogens is 400 g/mol. The number of amides is 2. The Labute approximate surface area is 152 Å². The molecule has 1 fully saturated rings. The van der Waals surface area contributed by atoms with Crippen LogP contribution in [-0.4, -0.2) is 41.0 Å². The van der Waals surface area contributed by atoms with Crippen LogP contribution in [0.3, 0.4) is 0 Å². The number of nitrogen functional groups attached to an aromatic ring is 1. The van der Waals surface area contributed by atoms with Crippen molar-refractivity contribution < 1.29 is 23.1 Å². The predicted octanol–water partition coefficient (Wildman–Crippen LogP) is 3.61. The Morgan fingerprint density at radius 1 is 1.40 bits per heavy atom. The summed E-state index contributed by atoms with van der Waals surface area (Å²) in [6, 6.07) is 3.43. The summed E-state index contributed by atoms with van der Waals surface area (Å²) in [5, 5.41) is 2.50. The van der Waals surface area contributed by atoms with Gasteiger partial charge in [-0.3, -0.25) is 9.69 Å². The molecule has 0 unspecified atom stereocenters. The summed E-state index contributed by atoms with van der Waals surface area (Å²) in [5.41, 5.74) is 5.51. The van der Waals surface area contributed by atoms with E-state index in [1.807, 2.05) is 0 Å². The second-order valence-corrected chi connectivity index (χ2v) is 7.82. The fraction of sp³-hybridized carbons (Fsp3) is 0.500. The van der Waals surface area contributed by atoms with E-state index in [1.165, 1.54) is 0 Å². The lowest BCUT2D eigenvalue weighted by molar-refractivity contribution is -0.120. The van der Waals surface area contributed by atoms with E-state index in [2.05, 4.69) is 21.2 Å². The molecule has 1 atom stereocenters. The van der Waals surface area contributed by atoms with Crippen molar-refractivity contribution in [2.75, 3.05) is 17.6 Å². The smallest absolute Gasteiger partial charge is 0.411 e. The topological polar surface area (TPSA) is 84.7 Å². The van der Waals surface area contributed by atoms with E-state index in [0.717, 1.165) is 4.90 Å². The van der Waals surface area contributed by atoms with Crippen molar-refractivity contribution in [3.8, 4) is 0 Å². The average molecular weight is 420 g/mol. The fourth-order valence-electron chi connectivity index (χ4n) is 2.43. The van der Waals surface area contributed by atoms with E-state index in [-0.39, 0.29) is 11.4 Å². The van der Waals surface area contributed by atoms with E-state index in [9.17, 15) is 18.4 Å². The number of hydrogen-bond donors (Lipinski definition) is 2. The van der Waals surface area contributed by atoms with E-state index in [4.69, 9.17) is 10.5 Å². The summed E-state index contributed by atoms with van der Waals surface area (Å²) < 4.78 is 33.5. The number of nitrogens with one attached hydrogen (secondary N) is 1. The Bertz CT molecular complexity index is 692. The van der Waals surface area contributed by atoms with Gasteiger partial charge in [0.2, 0.25) is 5.91 Å². The van der Waals surface area contributed by atoms with Gasteiger partial charge in [0, 0.05) is 10.9 Å². The Balaban J connectivity index is 2.18. The molecule has 1 aliphatic heterocycles. The Morgan fingerprint density at radius 2 is 2.04 bits per heavy atom. The van der Waals surface area contributed by atoms with Gasteiger partial charge in [0.15, 0.2) is 0 Å². The minimum Gasteiger partial charge on any atom is -0.444 e. The van der Waals surface area contributed by atoms with Crippen molar-refractivity contribution >= 4 is 39.3 Å². The summed E-state index contributed by atoms with van der Waals surface area (Å²) in [6.45, 7) is 4.00. The lowest BCUT2D eigenvalue weighted by Crippen LogP contribution is -2.45. The van der Waals surface area contributed by atoms with Crippen LogP contribution in [0.2, 0.25) is 0 Å². The molecular formula is C16H20BrF2N3O3. The lowest BCUT2D eigenvalue weighted by atomic mass is 10.1. The number of carbonyl (C=O) groups excluding carboxylic acids is 2. The first-order chi connectivity index (χ1) is 11.4. The highest BCUT2D eigenvalue weighted by atomic mass is 79.9. The molecule has 25 heavy (non-hydrogen) atoms. The Hall–Kier alpha value is -1.90. The quantitative estimate of drug-likeness (QED) is 0.716. The second-order valence-electron chi connectivity index (χ2n) is 6.90. The third kappa shape index (κ3) is 5.04. The number of nitrogens with two attached hydrogens (primary N) is 1. The molecule has 2 amide bonds. The summed E-state index contributed by atoms with van der Waals surface area (Å²) in [7, 11) is 0. The number of likely N-dealkylation sites (tertiary alicyclic amines) is 1. The van der Waals surface area contributed by atoms with Crippen molar-refractivity contribution in [3.63, 3.8) is 0 Å². The third-order valence-electron chi connectivity index (χ3n) is 3.47. The van der Waals surface area contributed by atoms with Crippen LogP contribution < -0.4 is 11.1 Å². The van der Waals surface area contributed by atoms with Gasteiger partial charge in [0.1, 0.15) is 11.6 Å². The van der Waals surface area contributed by atoms with E-state index < -0.39 is 42.5 Å². The van der Waals surface area contributed by atoms with Gasteiger partial charge in [0.25, 0.3) is 5.92 Å². The van der Waals surface area contributed by atoms with E-state index in [1.54, 1.807) is 39.0 Å². The van der Waals surface area contributed by atoms with Crippen LogP contribution in [0, 0.1) is 0 Å². The number of rotatable bonds is 2. The number of halogens is 3. The van der Waals surface area contributed by atoms with Crippen molar-refractivity contribution in [3.05, 3.63) is 22.7 Å². The van der Waals surface area contributed by atoms with Gasteiger partial charge >= 0.3 is 6.09 Å². The molecule has 2 rings (SSSR count). The molecule has 138 valence electrons. The molecule has 1 heterocycles. The summed E-state index contributed by atoms with van der Waals surface area (Å²) in [4.78, 5) is 25.4. The Kier molecular flexibility index (Phi) is 5.27. The van der Waals surface area contributed by atoms with Crippen LogP contribution in [0.4, 0.5) is 25.0 Å². The maximum atomic E-state index is 13.8. The van der Waals surface area contributed by atoms with Gasteiger partial charge in [-0.2, -0.15) is 0 Å². The molecule has 3 N–H and O–H groups in total. The fourth-order valence-corrected chi connectivity index (χ4v) is 2.81. The number of hydrogen-bond acceptors (Lipinski definition) is 4. The largest absolute Gasteiger partial charge is 0.444 e. The molecule has 0 radical (unpaired) electrons. The third-order valence-corrected chi connectivity index (χ3v) is 3.97. The standard InChI is InChI=1S/C16H20BrF2N3O3/c1-15(2,3)25-14(24)22-8-16(18,19)7-12(22)13(23)21-11-5-4-9(17)6-10(11)20/h4-6,12H,7-8,20H2,1-3H3,(H,21,23)/t12-/m0/s1. The second kappa shape index (κ2) is 6.78. The number of carbonyl (C=O) groups is 2. The van der Waals surface area contributed by atoms with Crippen LogP contribution in [0.25, 0.3) is 0 Å². The summed E-state index contributed by atoms with van der Waals surface area (Å²) >= 11 is 3.24. The predicted molar refractivity (Wildman–Crippen MR) is 93.5 cm³/mol. The SMILES string of the molecule is CC(C)(C)OC(=O)N1CC(F)(F)C[C@H]1C(=O)Nc1ccc(Br)cc1N. The number of ether oxygens (including phenoxy) is 1. The maximum Gasteiger partial charge on any atom is 0.411 e. The lowest BCUT2D eigenvalue weighted by Gasteiger charge is -2.27. The van der Waals surface area contributed by atoms with Crippen LogP contribution >= 0.6 is 15.9 Å². The van der Waals surface area contributed by atoms with Crippen molar-refractivity contribution in [1.29, 1.82) is 0 Å². The van der Waals surface area contributed by atoms with Gasteiger partial charge in [-0.25, -0.2) is 13.6 Å². The van der Waals surface area contributed by atoms with Crippen molar-refractivity contribution in [2.24, 2.45) is 0 Å². The van der Waals surface area contributed by atoms with Crippen LogP contribution in [0.1, 0.15) is 27.2 Å². The molecule has 9 heteroatoms. The van der Waals surface area contributed by atoms with E-state index in [0.29, 0.717) is 4.47 Å². The minimum absolute atomic E-state index is 0.274. The molecule has 0 aromatic heterocycles. The molecule has 6 nitrogen and oxygen atoms in total. The molecule has 0 spiro atoms. The first kappa shape index (κ1) is 19.4. The van der Waals surface area contributed by atoms with Gasteiger partial charge in [-0.05, 0) is 39.0 Å². The summed E-state index contributed by atoms with van der Waals surface area (Å²) in [5.74, 6) is -3.90. The zero-order chi connectivity index (χ0) is 19.0. The minimum atomic E-state index is -3.16. The molecule has 1 saturated heterocycles. The number of anilines is 2. The first-order valence-electron chi connectivity index (χ1n) is 7.61. The normalized spacial score (nSPS) is 19.6. The zero-order valence-corrected chi connectivity index (χ0v) is 15.7. The monoisotopic (exact) mass is 419 g/mol. The van der Waals surface area contributed by atoms with Gasteiger partial charge in [-0.1, -0.05) is 15.9 Å². The molecule has 1 aromatic rings. The van der Waals surface area contributed by atoms with Crippen molar-refractivity contribution in [1.82, 2.24) is 4.90 Å². The Morgan fingerprint density at radius 3 is 2.60 bits per heavy atom. The highest BCUT2D eigenvalue weighted by molar-refractivity contribution is 9.10. The zero-order valence-electron chi connectivity index (χ0n) is 14.1. The van der Waals surface area contributed by atoms with Crippen molar-refractivity contribution in [2.45, 2.75) is 44.8 Å². The number of benzene rings is 1. The average Bonchev–Trinajstić information content (AvgIpc) is 2.76. The van der Waals surface area contributed by atoms with E-state index >= 15 is 0 Å². The molecule has 0 saturated carbocycles. The van der Waals surface area contributed by atoms with Gasteiger partial charge < -0.3 is 15.8 Å². The molecule has 1 aromatic carbocycles. The number of alkyl halides is 2. The molecule has 1 aliphatic rings. The maximum absolute atomic E-state index is 13.8.